The number of oxazole rings is 1. The molecule has 1 heterocycles. The number of fused-ring (bicyclic) bond motifs is 1. The minimum atomic E-state index is -0.437. The summed E-state index contributed by atoms with van der Waals surface area (Å²) in [5.41, 5.74) is 2.32. The van der Waals surface area contributed by atoms with Crippen LogP contribution in [0.25, 0.3) is 11.1 Å². The second-order valence-electron chi connectivity index (χ2n) is 5.72. The number of hydrogen-bond donors (Lipinski definition) is 2. The van der Waals surface area contributed by atoms with Gasteiger partial charge in [0.2, 0.25) is 5.91 Å². The molecule has 1 fully saturated rings. The maximum atomic E-state index is 12.0. The number of H-pyrrole nitrogens is 1. The standard InChI is InChI=1S/C16H20N2O3/c19-15(12-4-2-1-3-5-12)17-9-8-11-6-7-13-14(10-11)21-16(20)18-13/h6-7,10,12H,1-5,8-9H2,(H,17,19)(H,18,20). The number of aromatic amines is 1. The molecule has 112 valence electrons. The monoisotopic (exact) mass is 288 g/mol. The van der Waals surface area contributed by atoms with E-state index in [1.807, 2.05) is 18.2 Å². The van der Waals surface area contributed by atoms with Crippen LogP contribution >= 0.6 is 0 Å². The fourth-order valence-corrected chi connectivity index (χ4v) is 2.98. The highest BCUT2D eigenvalue weighted by atomic mass is 16.4. The van der Waals surface area contributed by atoms with Crippen molar-refractivity contribution < 1.29 is 9.21 Å². The van der Waals surface area contributed by atoms with Gasteiger partial charge in [-0.1, -0.05) is 25.3 Å². The minimum absolute atomic E-state index is 0.184. The molecule has 21 heavy (non-hydrogen) atoms. The number of carbonyl (C=O) groups excluding carboxylic acids is 1. The molecule has 1 aromatic heterocycles. The van der Waals surface area contributed by atoms with Crippen molar-refractivity contribution in [2.75, 3.05) is 6.54 Å². The zero-order chi connectivity index (χ0) is 14.7. The minimum Gasteiger partial charge on any atom is -0.408 e. The van der Waals surface area contributed by atoms with Gasteiger partial charge in [0.25, 0.3) is 0 Å². The second-order valence-corrected chi connectivity index (χ2v) is 5.72. The van der Waals surface area contributed by atoms with Crippen LogP contribution in [-0.4, -0.2) is 17.4 Å². The molecule has 0 bridgehead atoms. The Kier molecular flexibility index (Phi) is 4.08. The highest BCUT2D eigenvalue weighted by Gasteiger charge is 2.20. The van der Waals surface area contributed by atoms with Gasteiger partial charge in [0.15, 0.2) is 5.58 Å². The van der Waals surface area contributed by atoms with E-state index < -0.39 is 5.76 Å². The van der Waals surface area contributed by atoms with Crippen molar-refractivity contribution >= 4 is 17.0 Å². The van der Waals surface area contributed by atoms with Crippen LogP contribution in [0.2, 0.25) is 0 Å². The Labute approximate surface area is 122 Å². The van der Waals surface area contributed by atoms with Crippen molar-refractivity contribution in [2.45, 2.75) is 38.5 Å². The third kappa shape index (κ3) is 3.35. The van der Waals surface area contributed by atoms with E-state index in [1.165, 1.54) is 19.3 Å². The number of hydrogen-bond acceptors (Lipinski definition) is 3. The van der Waals surface area contributed by atoms with Crippen LogP contribution < -0.4 is 11.1 Å². The Bertz CT molecular complexity index is 680. The highest BCUT2D eigenvalue weighted by molar-refractivity contribution is 5.78. The number of amides is 1. The molecule has 0 spiro atoms. The summed E-state index contributed by atoms with van der Waals surface area (Å²) in [5.74, 6) is -0.0550. The van der Waals surface area contributed by atoms with Crippen molar-refractivity contribution in [1.82, 2.24) is 10.3 Å². The van der Waals surface area contributed by atoms with Gasteiger partial charge in [0.05, 0.1) is 5.52 Å². The molecule has 1 amide bonds. The van der Waals surface area contributed by atoms with Gasteiger partial charge >= 0.3 is 5.76 Å². The summed E-state index contributed by atoms with van der Waals surface area (Å²) in [5, 5.41) is 3.02. The smallest absolute Gasteiger partial charge is 0.408 e. The van der Waals surface area contributed by atoms with Crippen LogP contribution in [0.3, 0.4) is 0 Å². The zero-order valence-corrected chi connectivity index (χ0v) is 12.0. The average Bonchev–Trinajstić information content (AvgIpc) is 2.87. The van der Waals surface area contributed by atoms with E-state index >= 15 is 0 Å². The van der Waals surface area contributed by atoms with Crippen molar-refractivity contribution in [1.29, 1.82) is 0 Å². The molecule has 0 atom stereocenters. The summed E-state index contributed by atoms with van der Waals surface area (Å²) in [6.45, 7) is 0.621. The first-order valence-corrected chi connectivity index (χ1v) is 7.62. The fraction of sp³-hybridized carbons (Fsp3) is 0.500. The molecule has 0 aliphatic heterocycles. The third-order valence-electron chi connectivity index (χ3n) is 4.17. The Morgan fingerprint density at radius 1 is 1.29 bits per heavy atom. The molecule has 3 rings (SSSR count). The maximum absolute atomic E-state index is 12.0. The van der Waals surface area contributed by atoms with Crippen molar-refractivity contribution in [3.05, 3.63) is 34.3 Å². The van der Waals surface area contributed by atoms with E-state index in [2.05, 4.69) is 10.3 Å². The van der Waals surface area contributed by atoms with Crippen molar-refractivity contribution in [3.63, 3.8) is 0 Å². The molecule has 5 nitrogen and oxygen atoms in total. The van der Waals surface area contributed by atoms with Crippen LogP contribution in [-0.2, 0) is 11.2 Å². The lowest BCUT2D eigenvalue weighted by atomic mass is 9.88. The average molecular weight is 288 g/mol. The number of rotatable bonds is 4. The summed E-state index contributed by atoms with van der Waals surface area (Å²) in [6, 6.07) is 5.62. The van der Waals surface area contributed by atoms with Crippen LogP contribution in [0, 0.1) is 5.92 Å². The van der Waals surface area contributed by atoms with Crippen LogP contribution in [0.1, 0.15) is 37.7 Å². The molecule has 0 unspecified atom stereocenters. The quantitative estimate of drug-likeness (QED) is 0.907. The van der Waals surface area contributed by atoms with Crippen LogP contribution in [0.4, 0.5) is 0 Å². The molecule has 1 aliphatic carbocycles. The first kappa shape index (κ1) is 13.9. The topological polar surface area (TPSA) is 75.1 Å². The number of nitrogens with one attached hydrogen (secondary N) is 2. The van der Waals surface area contributed by atoms with Crippen molar-refractivity contribution in [3.8, 4) is 0 Å². The molecule has 5 heteroatoms. The van der Waals surface area contributed by atoms with E-state index in [0.29, 0.717) is 17.6 Å². The van der Waals surface area contributed by atoms with Crippen LogP contribution in [0.15, 0.2) is 27.4 Å². The Morgan fingerprint density at radius 2 is 2.10 bits per heavy atom. The molecule has 1 aliphatic rings. The number of carbonyl (C=O) groups is 1. The van der Waals surface area contributed by atoms with Gasteiger partial charge in [0.1, 0.15) is 0 Å². The first-order chi connectivity index (χ1) is 10.2. The zero-order valence-electron chi connectivity index (χ0n) is 12.0. The normalized spacial score (nSPS) is 16.2. The molecular formula is C16H20N2O3. The maximum Gasteiger partial charge on any atom is 0.417 e. The lowest BCUT2D eigenvalue weighted by molar-refractivity contribution is -0.125. The molecular weight excluding hydrogens is 268 g/mol. The Morgan fingerprint density at radius 3 is 2.90 bits per heavy atom. The predicted octanol–water partition coefficient (Wildman–Crippen LogP) is 2.36. The summed E-state index contributed by atoms with van der Waals surface area (Å²) < 4.78 is 5.03. The summed E-state index contributed by atoms with van der Waals surface area (Å²) in [4.78, 5) is 25.7. The van der Waals surface area contributed by atoms with Gasteiger partial charge in [-0.25, -0.2) is 4.79 Å². The van der Waals surface area contributed by atoms with Gasteiger partial charge in [-0.3, -0.25) is 9.78 Å². The third-order valence-corrected chi connectivity index (χ3v) is 4.17. The van der Waals surface area contributed by atoms with E-state index in [-0.39, 0.29) is 11.8 Å². The van der Waals surface area contributed by atoms with Gasteiger partial charge in [0, 0.05) is 12.5 Å². The summed E-state index contributed by atoms with van der Waals surface area (Å²) in [7, 11) is 0. The van der Waals surface area contributed by atoms with E-state index in [4.69, 9.17) is 4.42 Å². The van der Waals surface area contributed by atoms with Crippen LogP contribution in [0.5, 0.6) is 0 Å². The predicted molar refractivity (Wildman–Crippen MR) is 80.1 cm³/mol. The van der Waals surface area contributed by atoms with E-state index in [1.54, 1.807) is 0 Å². The summed E-state index contributed by atoms with van der Waals surface area (Å²) >= 11 is 0. The molecule has 2 N–H and O–H groups in total. The molecule has 1 saturated carbocycles. The largest absolute Gasteiger partial charge is 0.417 e. The summed E-state index contributed by atoms with van der Waals surface area (Å²) in [6.07, 6.45) is 6.37. The second kappa shape index (κ2) is 6.16. The SMILES string of the molecule is O=C(NCCc1ccc2[nH]c(=O)oc2c1)C1CCCCC1. The van der Waals surface area contributed by atoms with Gasteiger partial charge < -0.3 is 9.73 Å². The molecule has 2 aromatic rings. The first-order valence-electron chi connectivity index (χ1n) is 7.62. The Hall–Kier alpha value is -2.04. The van der Waals surface area contributed by atoms with E-state index in [0.717, 1.165) is 24.8 Å². The molecule has 0 radical (unpaired) electrons. The highest BCUT2D eigenvalue weighted by Crippen LogP contribution is 2.23. The van der Waals surface area contributed by atoms with Crippen molar-refractivity contribution in [2.24, 2.45) is 5.92 Å². The number of aromatic nitrogens is 1. The Balaban J connectivity index is 1.53. The lowest BCUT2D eigenvalue weighted by Gasteiger charge is -2.20. The number of benzene rings is 1. The molecule has 0 saturated heterocycles. The lowest BCUT2D eigenvalue weighted by Crippen LogP contribution is -2.33. The van der Waals surface area contributed by atoms with Gasteiger partial charge in [-0.15, -0.1) is 0 Å². The van der Waals surface area contributed by atoms with Gasteiger partial charge in [-0.2, -0.15) is 0 Å². The molecule has 1 aromatic carbocycles. The fourth-order valence-electron chi connectivity index (χ4n) is 2.98. The van der Waals surface area contributed by atoms with Gasteiger partial charge in [-0.05, 0) is 37.0 Å². The van der Waals surface area contributed by atoms with E-state index in [9.17, 15) is 9.59 Å².